The largest absolute Gasteiger partial charge is 0.462 e. The number of benzene rings is 1. The Bertz CT molecular complexity index is 650. The number of thioether (sulfide) groups is 1. The topological polar surface area (TPSA) is 62.6 Å². The van der Waals surface area contributed by atoms with E-state index in [2.05, 4.69) is 6.07 Å². The van der Waals surface area contributed by atoms with Gasteiger partial charge in [0.2, 0.25) is 0 Å². The number of hydrogen-bond donors (Lipinski definition) is 0. The molecule has 1 heterocycles. The summed E-state index contributed by atoms with van der Waals surface area (Å²) >= 11 is 6.80. The minimum absolute atomic E-state index is 0.00620. The summed E-state index contributed by atoms with van der Waals surface area (Å²) in [7, 11) is 0. The maximum Gasteiger partial charge on any atom is 0.318 e. The Morgan fingerprint density at radius 1 is 1.42 bits per heavy atom. The van der Waals surface area contributed by atoms with Gasteiger partial charge in [-0.3, -0.25) is 4.79 Å². The molecule has 24 heavy (non-hydrogen) atoms. The molecule has 0 bridgehead atoms. The van der Waals surface area contributed by atoms with Crippen molar-refractivity contribution in [1.29, 1.82) is 5.26 Å². The van der Waals surface area contributed by atoms with E-state index in [9.17, 15) is 10.1 Å². The molecule has 1 saturated heterocycles. The number of carbonyl (C=O) groups excluding carboxylic acids is 1. The summed E-state index contributed by atoms with van der Waals surface area (Å²) in [6.07, 6.45) is 0.442. The Morgan fingerprint density at radius 3 is 2.58 bits per heavy atom. The van der Waals surface area contributed by atoms with Crippen LogP contribution >= 0.6 is 24.0 Å². The second kappa shape index (κ2) is 7.64. The van der Waals surface area contributed by atoms with Crippen molar-refractivity contribution in [2.75, 3.05) is 13.2 Å². The van der Waals surface area contributed by atoms with Crippen molar-refractivity contribution in [3.05, 3.63) is 35.9 Å². The van der Waals surface area contributed by atoms with E-state index in [0.29, 0.717) is 17.2 Å². The first kappa shape index (κ1) is 18.9. The molecule has 0 aliphatic carbocycles. The van der Waals surface area contributed by atoms with Gasteiger partial charge in [0.1, 0.15) is 22.9 Å². The number of hydrogen-bond acceptors (Lipinski definition) is 6. The van der Waals surface area contributed by atoms with Crippen LogP contribution in [0.15, 0.2) is 30.3 Å². The van der Waals surface area contributed by atoms with E-state index in [-0.39, 0.29) is 18.7 Å². The number of nitrogens with zero attached hydrogens (tertiary/aromatic N) is 1. The highest BCUT2D eigenvalue weighted by Gasteiger charge is 2.43. The van der Waals surface area contributed by atoms with Crippen LogP contribution in [-0.2, 0) is 20.7 Å². The van der Waals surface area contributed by atoms with Crippen molar-refractivity contribution in [3.63, 3.8) is 0 Å². The molecule has 0 saturated carbocycles. The van der Waals surface area contributed by atoms with Crippen LogP contribution in [0.1, 0.15) is 26.3 Å². The molecule has 1 aromatic rings. The molecule has 1 fully saturated rings. The lowest BCUT2D eigenvalue weighted by atomic mass is 9.85. The van der Waals surface area contributed by atoms with Crippen molar-refractivity contribution >= 4 is 34.1 Å². The van der Waals surface area contributed by atoms with E-state index in [1.165, 1.54) is 11.8 Å². The molecule has 0 N–H and O–H groups in total. The predicted octanol–water partition coefficient (Wildman–Crippen LogP) is 3.54. The second-order valence-electron chi connectivity index (χ2n) is 6.56. The molecule has 128 valence electrons. The van der Waals surface area contributed by atoms with Crippen molar-refractivity contribution < 1.29 is 14.3 Å². The minimum Gasteiger partial charge on any atom is -0.462 e. The van der Waals surface area contributed by atoms with Gasteiger partial charge >= 0.3 is 5.97 Å². The van der Waals surface area contributed by atoms with Crippen LogP contribution in [0.3, 0.4) is 0 Å². The van der Waals surface area contributed by atoms with Crippen molar-refractivity contribution in [2.24, 2.45) is 5.41 Å². The number of thiocarbonyl (C=S) groups is 1. The van der Waals surface area contributed by atoms with E-state index in [1.54, 1.807) is 20.8 Å². The quantitative estimate of drug-likeness (QED) is 0.419. The average molecular weight is 364 g/mol. The van der Waals surface area contributed by atoms with E-state index in [1.807, 2.05) is 30.3 Å². The molecule has 0 amide bonds. The Balaban J connectivity index is 2.20. The first-order valence-corrected chi connectivity index (χ1v) is 8.97. The van der Waals surface area contributed by atoms with Crippen LogP contribution in [0.5, 0.6) is 0 Å². The van der Waals surface area contributed by atoms with E-state index < -0.39 is 10.2 Å². The van der Waals surface area contributed by atoms with Gasteiger partial charge in [0.15, 0.2) is 0 Å². The maximum absolute atomic E-state index is 12.8. The maximum atomic E-state index is 12.8. The molecule has 0 spiro atoms. The van der Waals surface area contributed by atoms with Gasteiger partial charge in [-0.05, 0) is 32.8 Å². The van der Waals surface area contributed by atoms with Crippen LogP contribution < -0.4 is 0 Å². The third-order valence-electron chi connectivity index (χ3n) is 3.72. The summed E-state index contributed by atoms with van der Waals surface area (Å²) in [5.41, 5.74) is 0.0158. The highest BCUT2D eigenvalue weighted by molar-refractivity contribution is 8.24. The van der Waals surface area contributed by atoms with Crippen molar-refractivity contribution in [1.82, 2.24) is 0 Å². The fourth-order valence-corrected chi connectivity index (χ4v) is 3.76. The van der Waals surface area contributed by atoms with Gasteiger partial charge in [0.05, 0.1) is 16.9 Å². The Labute approximate surface area is 152 Å². The average Bonchev–Trinajstić information content (AvgIpc) is 3.37. The zero-order valence-corrected chi connectivity index (χ0v) is 15.7. The zero-order chi connectivity index (χ0) is 17.8. The fourth-order valence-electron chi connectivity index (χ4n) is 2.09. The van der Waals surface area contributed by atoms with Crippen LogP contribution in [0.2, 0.25) is 0 Å². The molecular formula is C18H21NO3S2. The van der Waals surface area contributed by atoms with Crippen LogP contribution in [0.25, 0.3) is 0 Å². The van der Waals surface area contributed by atoms with Gasteiger partial charge in [0, 0.05) is 0 Å². The smallest absolute Gasteiger partial charge is 0.318 e. The van der Waals surface area contributed by atoms with Gasteiger partial charge in [-0.2, -0.15) is 5.26 Å². The molecule has 0 aromatic heterocycles. The lowest BCUT2D eigenvalue weighted by Crippen LogP contribution is -2.39. The predicted molar refractivity (Wildman–Crippen MR) is 98.8 cm³/mol. The molecule has 2 atom stereocenters. The summed E-state index contributed by atoms with van der Waals surface area (Å²) in [5, 5.41) is 9.26. The molecular weight excluding hydrogens is 342 g/mol. The van der Waals surface area contributed by atoms with Gasteiger partial charge < -0.3 is 9.47 Å². The van der Waals surface area contributed by atoms with Crippen LogP contribution in [-0.4, -0.2) is 34.2 Å². The molecule has 0 radical (unpaired) electrons. The molecule has 2 unspecified atom stereocenters. The first-order valence-electron chi connectivity index (χ1n) is 7.74. The lowest BCUT2D eigenvalue weighted by Gasteiger charge is -2.30. The summed E-state index contributed by atoms with van der Waals surface area (Å²) < 4.78 is 10.3. The van der Waals surface area contributed by atoms with Crippen LogP contribution in [0.4, 0.5) is 0 Å². The summed E-state index contributed by atoms with van der Waals surface area (Å²) in [6, 6.07) is 11.9. The normalized spacial score (nSPS) is 19.0. The summed E-state index contributed by atoms with van der Waals surface area (Å²) in [6.45, 7) is 6.24. The van der Waals surface area contributed by atoms with Gasteiger partial charge in [0.25, 0.3) is 0 Å². The number of rotatable bonds is 7. The van der Waals surface area contributed by atoms with Gasteiger partial charge in [-0.1, -0.05) is 54.3 Å². The molecule has 1 aromatic carbocycles. The highest BCUT2D eigenvalue weighted by atomic mass is 32.2. The molecule has 1 aliphatic rings. The Morgan fingerprint density at radius 2 is 2.04 bits per heavy atom. The van der Waals surface area contributed by atoms with Gasteiger partial charge in [-0.15, -0.1) is 0 Å². The lowest BCUT2D eigenvalue weighted by molar-refractivity contribution is -0.151. The Hall–Kier alpha value is -1.42. The summed E-state index contributed by atoms with van der Waals surface area (Å²) in [5.74, 6) is -0.368. The number of esters is 1. The highest BCUT2D eigenvalue weighted by Crippen LogP contribution is 2.37. The second-order valence-corrected chi connectivity index (χ2v) is 8.86. The van der Waals surface area contributed by atoms with E-state index in [0.717, 1.165) is 5.56 Å². The number of carbonyl (C=O) groups is 1. The molecule has 4 nitrogen and oxygen atoms in total. The van der Waals surface area contributed by atoms with Gasteiger partial charge in [-0.25, -0.2) is 0 Å². The molecule has 6 heteroatoms. The third-order valence-corrected chi connectivity index (χ3v) is 5.66. The molecule has 1 aliphatic heterocycles. The number of nitriles is 1. The van der Waals surface area contributed by atoms with E-state index >= 15 is 0 Å². The third kappa shape index (κ3) is 5.04. The van der Waals surface area contributed by atoms with Crippen molar-refractivity contribution in [3.8, 4) is 6.07 Å². The molecule has 2 rings (SSSR count). The van der Waals surface area contributed by atoms with Crippen LogP contribution in [0, 0.1) is 16.7 Å². The standard InChI is InChI=1S/C18H21NO3S2/c1-17(2,12-19)24-16(23)18(3,9-13-7-5-4-6-8-13)15(20)22-11-14-10-21-14/h4-8,14H,9-11H2,1-3H3. The fraction of sp³-hybridized carbons (Fsp3) is 0.500. The SMILES string of the molecule is CC(C)(C#N)SC(=S)C(C)(Cc1ccccc1)C(=O)OCC1CO1. The zero-order valence-electron chi connectivity index (χ0n) is 14.1. The van der Waals surface area contributed by atoms with Crippen molar-refractivity contribution in [2.45, 2.75) is 38.0 Å². The monoisotopic (exact) mass is 363 g/mol. The Kier molecular flexibility index (Phi) is 6.02. The minimum atomic E-state index is -0.982. The number of ether oxygens (including phenoxy) is 2. The first-order chi connectivity index (χ1) is 11.3. The number of epoxide rings is 1. The summed E-state index contributed by atoms with van der Waals surface area (Å²) in [4.78, 5) is 12.8. The van der Waals surface area contributed by atoms with E-state index in [4.69, 9.17) is 21.7 Å².